The average molecular weight is 279 g/mol. The lowest BCUT2D eigenvalue weighted by Gasteiger charge is -2.26. The molecule has 1 amide bonds. The van der Waals surface area contributed by atoms with Gasteiger partial charge in [0.2, 0.25) is 5.91 Å². The minimum atomic E-state index is -0.974. The van der Waals surface area contributed by atoms with Crippen LogP contribution in [-0.2, 0) is 20.9 Å². The van der Waals surface area contributed by atoms with Gasteiger partial charge >= 0.3 is 5.97 Å². The molecular formula is C15H21NO4. The van der Waals surface area contributed by atoms with Crippen molar-refractivity contribution in [2.45, 2.75) is 38.8 Å². The van der Waals surface area contributed by atoms with E-state index >= 15 is 0 Å². The summed E-state index contributed by atoms with van der Waals surface area (Å²) in [4.78, 5) is 22.0. The Morgan fingerprint density at radius 3 is 2.45 bits per heavy atom. The largest absolute Gasteiger partial charge is 0.481 e. The molecular weight excluding hydrogens is 258 g/mol. The topological polar surface area (TPSA) is 75.6 Å². The van der Waals surface area contributed by atoms with Crippen molar-refractivity contribution in [1.29, 1.82) is 0 Å². The van der Waals surface area contributed by atoms with Gasteiger partial charge in [0.25, 0.3) is 0 Å². The average Bonchev–Trinajstić information content (AvgIpc) is 2.37. The van der Waals surface area contributed by atoms with Crippen LogP contribution in [0.1, 0.15) is 32.3 Å². The second-order valence-corrected chi connectivity index (χ2v) is 5.30. The van der Waals surface area contributed by atoms with E-state index in [1.54, 1.807) is 0 Å². The first-order valence-electron chi connectivity index (χ1n) is 6.53. The maximum Gasteiger partial charge on any atom is 0.303 e. The number of nitrogens with one attached hydrogen (secondary N) is 1. The number of aliphatic carboxylic acids is 1. The molecule has 0 fully saturated rings. The summed E-state index contributed by atoms with van der Waals surface area (Å²) in [7, 11) is 0. The van der Waals surface area contributed by atoms with E-state index < -0.39 is 11.5 Å². The standard InChI is InChI=1S/C15H21NO4/c1-15(2,16-13(17)8-9-14(18)19)11-20-10-12-6-4-3-5-7-12/h3-7H,8-11H2,1-2H3,(H,16,17)(H,18,19). The van der Waals surface area contributed by atoms with Gasteiger partial charge < -0.3 is 15.2 Å². The van der Waals surface area contributed by atoms with Crippen molar-refractivity contribution in [1.82, 2.24) is 5.32 Å². The van der Waals surface area contributed by atoms with Gasteiger partial charge in [0.15, 0.2) is 0 Å². The van der Waals surface area contributed by atoms with Crippen molar-refractivity contribution in [2.24, 2.45) is 0 Å². The van der Waals surface area contributed by atoms with Crippen LogP contribution in [0.4, 0.5) is 0 Å². The molecule has 1 rings (SSSR count). The first-order valence-corrected chi connectivity index (χ1v) is 6.53. The molecule has 2 N–H and O–H groups in total. The minimum absolute atomic E-state index is 0.0164. The SMILES string of the molecule is CC(C)(COCc1ccccc1)NC(=O)CCC(=O)O. The summed E-state index contributed by atoms with van der Waals surface area (Å²) in [5, 5.41) is 11.3. The molecule has 5 nitrogen and oxygen atoms in total. The van der Waals surface area contributed by atoms with Crippen molar-refractivity contribution in [2.75, 3.05) is 6.61 Å². The molecule has 0 aromatic heterocycles. The third-order valence-electron chi connectivity index (χ3n) is 2.62. The molecule has 1 aromatic rings. The number of benzene rings is 1. The predicted octanol–water partition coefficient (Wildman–Crippen LogP) is 1.96. The molecule has 0 atom stereocenters. The summed E-state index contributed by atoms with van der Waals surface area (Å²) in [5.41, 5.74) is 0.546. The number of carbonyl (C=O) groups excluding carboxylic acids is 1. The fourth-order valence-corrected chi connectivity index (χ4v) is 1.69. The monoisotopic (exact) mass is 279 g/mol. The quantitative estimate of drug-likeness (QED) is 0.762. The number of carboxylic acids is 1. The van der Waals surface area contributed by atoms with Gasteiger partial charge in [-0.05, 0) is 19.4 Å². The van der Waals surface area contributed by atoms with Gasteiger partial charge in [-0.15, -0.1) is 0 Å². The first kappa shape index (κ1) is 16.2. The van der Waals surface area contributed by atoms with Crippen LogP contribution in [0.2, 0.25) is 0 Å². The molecule has 0 unspecified atom stereocenters. The maximum absolute atomic E-state index is 11.6. The van der Waals surface area contributed by atoms with Crippen LogP contribution in [0.15, 0.2) is 30.3 Å². The highest BCUT2D eigenvalue weighted by Crippen LogP contribution is 2.07. The van der Waals surface area contributed by atoms with Gasteiger partial charge in [0, 0.05) is 6.42 Å². The Kier molecular flexibility index (Phi) is 6.18. The number of amides is 1. The van der Waals surface area contributed by atoms with Crippen molar-refractivity contribution in [3.8, 4) is 0 Å². The van der Waals surface area contributed by atoms with Crippen LogP contribution in [0.25, 0.3) is 0 Å². The number of hydrogen-bond donors (Lipinski definition) is 2. The molecule has 0 radical (unpaired) electrons. The predicted molar refractivity (Wildman–Crippen MR) is 75.2 cm³/mol. The fraction of sp³-hybridized carbons (Fsp3) is 0.467. The van der Waals surface area contributed by atoms with Crippen molar-refractivity contribution < 1.29 is 19.4 Å². The first-order chi connectivity index (χ1) is 9.39. The highest BCUT2D eigenvalue weighted by atomic mass is 16.5. The van der Waals surface area contributed by atoms with Gasteiger partial charge in [-0.3, -0.25) is 9.59 Å². The van der Waals surface area contributed by atoms with Gasteiger partial charge in [0.1, 0.15) is 0 Å². The third-order valence-corrected chi connectivity index (χ3v) is 2.62. The summed E-state index contributed by atoms with van der Waals surface area (Å²) in [6, 6.07) is 9.77. The molecule has 0 aliphatic heterocycles. The number of ether oxygens (including phenoxy) is 1. The van der Waals surface area contributed by atoms with Gasteiger partial charge in [-0.2, -0.15) is 0 Å². The molecule has 0 heterocycles. The number of hydrogen-bond acceptors (Lipinski definition) is 3. The second-order valence-electron chi connectivity index (χ2n) is 5.30. The van der Waals surface area contributed by atoms with E-state index in [-0.39, 0.29) is 18.7 Å². The zero-order chi connectivity index (χ0) is 15.0. The highest BCUT2D eigenvalue weighted by Gasteiger charge is 2.20. The summed E-state index contributed by atoms with van der Waals surface area (Å²) < 4.78 is 5.58. The lowest BCUT2D eigenvalue weighted by atomic mass is 10.1. The third kappa shape index (κ3) is 6.89. The molecule has 0 spiro atoms. The van der Waals surface area contributed by atoms with E-state index in [2.05, 4.69) is 5.32 Å². The van der Waals surface area contributed by atoms with E-state index in [9.17, 15) is 9.59 Å². The summed E-state index contributed by atoms with van der Waals surface area (Å²) in [5.74, 6) is -1.25. The van der Waals surface area contributed by atoms with Crippen molar-refractivity contribution in [3.05, 3.63) is 35.9 Å². The normalized spacial score (nSPS) is 11.1. The zero-order valence-corrected chi connectivity index (χ0v) is 11.9. The smallest absolute Gasteiger partial charge is 0.303 e. The summed E-state index contributed by atoms with van der Waals surface area (Å²) >= 11 is 0. The number of carbonyl (C=O) groups is 2. The van der Waals surface area contributed by atoms with Gasteiger partial charge in [-0.25, -0.2) is 0 Å². The maximum atomic E-state index is 11.6. The van der Waals surface area contributed by atoms with Crippen molar-refractivity contribution >= 4 is 11.9 Å². The Morgan fingerprint density at radius 1 is 1.20 bits per heavy atom. The van der Waals surface area contributed by atoms with Crippen LogP contribution in [0.5, 0.6) is 0 Å². The van der Waals surface area contributed by atoms with E-state index in [1.807, 2.05) is 44.2 Å². The minimum Gasteiger partial charge on any atom is -0.481 e. The Hall–Kier alpha value is -1.88. The molecule has 5 heteroatoms. The molecule has 1 aromatic carbocycles. The van der Waals surface area contributed by atoms with Crippen LogP contribution < -0.4 is 5.32 Å². The van der Waals surface area contributed by atoms with Crippen LogP contribution in [-0.4, -0.2) is 29.1 Å². The molecule has 20 heavy (non-hydrogen) atoms. The van der Waals surface area contributed by atoms with Gasteiger partial charge in [0.05, 0.1) is 25.2 Å². The molecule has 0 saturated carbocycles. The summed E-state index contributed by atoms with van der Waals surface area (Å²) in [6.45, 7) is 4.53. The second kappa shape index (κ2) is 7.65. The molecule has 110 valence electrons. The molecule has 0 saturated heterocycles. The van der Waals surface area contributed by atoms with Gasteiger partial charge in [-0.1, -0.05) is 30.3 Å². The Labute approximate surface area is 118 Å². The van der Waals surface area contributed by atoms with E-state index in [0.29, 0.717) is 13.2 Å². The van der Waals surface area contributed by atoms with E-state index in [4.69, 9.17) is 9.84 Å². The van der Waals surface area contributed by atoms with E-state index in [1.165, 1.54) is 0 Å². The van der Waals surface area contributed by atoms with Crippen LogP contribution in [0.3, 0.4) is 0 Å². The van der Waals surface area contributed by atoms with Crippen LogP contribution >= 0.6 is 0 Å². The zero-order valence-electron chi connectivity index (χ0n) is 11.9. The molecule has 0 aliphatic rings. The molecule has 0 aliphatic carbocycles. The Bertz CT molecular complexity index is 442. The lowest BCUT2D eigenvalue weighted by molar-refractivity contribution is -0.139. The Balaban J connectivity index is 2.30. The summed E-state index contributed by atoms with van der Waals surface area (Å²) in [6.07, 6.45) is -0.176. The fourth-order valence-electron chi connectivity index (χ4n) is 1.69. The highest BCUT2D eigenvalue weighted by molar-refractivity contribution is 5.81. The Morgan fingerprint density at radius 2 is 1.85 bits per heavy atom. The number of rotatable bonds is 8. The lowest BCUT2D eigenvalue weighted by Crippen LogP contribution is -2.47. The number of carboxylic acid groups (broad SMARTS) is 1. The molecule has 0 bridgehead atoms. The van der Waals surface area contributed by atoms with Crippen molar-refractivity contribution in [3.63, 3.8) is 0 Å². The van der Waals surface area contributed by atoms with E-state index in [0.717, 1.165) is 5.56 Å². The van der Waals surface area contributed by atoms with Crippen LogP contribution in [0, 0.1) is 0 Å².